The molecular weight excluding hydrogens is 350 g/mol. The number of ketones is 1. The van der Waals surface area contributed by atoms with Gasteiger partial charge in [0.05, 0.1) is 0 Å². The Morgan fingerprint density at radius 2 is 1.52 bits per heavy atom. The SMILES string of the molecule is O=C(c1ccccc1)C(Br)c1ccc2[nH]c3ccccc3c2c1. The zero-order valence-corrected chi connectivity index (χ0v) is 13.9. The molecule has 0 saturated carbocycles. The number of benzene rings is 3. The van der Waals surface area contributed by atoms with Crippen molar-refractivity contribution < 1.29 is 4.79 Å². The number of hydrogen-bond acceptors (Lipinski definition) is 1. The number of alkyl halides is 1. The smallest absolute Gasteiger partial charge is 0.180 e. The highest BCUT2D eigenvalue weighted by atomic mass is 79.9. The molecule has 0 aliphatic rings. The summed E-state index contributed by atoms with van der Waals surface area (Å²) in [7, 11) is 0. The van der Waals surface area contributed by atoms with Gasteiger partial charge in [0, 0.05) is 27.4 Å². The van der Waals surface area contributed by atoms with Crippen LogP contribution in [0.1, 0.15) is 20.7 Å². The molecule has 3 heteroatoms. The summed E-state index contributed by atoms with van der Waals surface area (Å²) < 4.78 is 0. The summed E-state index contributed by atoms with van der Waals surface area (Å²) in [5.41, 5.74) is 3.88. The molecule has 23 heavy (non-hydrogen) atoms. The first-order valence-corrected chi connectivity index (χ1v) is 8.39. The van der Waals surface area contributed by atoms with Gasteiger partial charge in [-0.2, -0.15) is 0 Å². The quantitative estimate of drug-likeness (QED) is 0.370. The number of fused-ring (bicyclic) bond motifs is 3. The van der Waals surface area contributed by atoms with Crippen LogP contribution in [-0.2, 0) is 0 Å². The van der Waals surface area contributed by atoms with Gasteiger partial charge < -0.3 is 4.98 Å². The molecule has 1 N–H and O–H groups in total. The van der Waals surface area contributed by atoms with Crippen molar-refractivity contribution in [3.05, 3.63) is 83.9 Å². The Bertz CT molecular complexity index is 1000. The molecule has 4 rings (SSSR count). The molecule has 3 aromatic carbocycles. The predicted octanol–water partition coefficient (Wildman–Crippen LogP) is 5.64. The second kappa shape index (κ2) is 5.67. The highest BCUT2D eigenvalue weighted by molar-refractivity contribution is 9.09. The Morgan fingerprint density at radius 1 is 0.826 bits per heavy atom. The van der Waals surface area contributed by atoms with Crippen LogP contribution in [0, 0.1) is 0 Å². The van der Waals surface area contributed by atoms with E-state index in [1.807, 2.05) is 54.6 Å². The lowest BCUT2D eigenvalue weighted by atomic mass is 10.0. The second-order valence-corrected chi connectivity index (χ2v) is 6.48. The van der Waals surface area contributed by atoms with Crippen molar-refractivity contribution >= 4 is 43.5 Å². The maximum atomic E-state index is 12.6. The number of rotatable bonds is 3. The Morgan fingerprint density at radius 3 is 2.35 bits per heavy atom. The van der Waals surface area contributed by atoms with Crippen LogP contribution < -0.4 is 0 Å². The number of Topliss-reactive ketones (excluding diaryl/α,β-unsaturated/α-hetero) is 1. The van der Waals surface area contributed by atoms with E-state index in [1.165, 1.54) is 5.39 Å². The van der Waals surface area contributed by atoms with Gasteiger partial charge in [0.2, 0.25) is 0 Å². The number of aromatic amines is 1. The summed E-state index contributed by atoms with van der Waals surface area (Å²) in [6.45, 7) is 0. The van der Waals surface area contributed by atoms with Crippen molar-refractivity contribution in [1.29, 1.82) is 0 Å². The van der Waals surface area contributed by atoms with E-state index in [-0.39, 0.29) is 10.6 Å². The number of carbonyl (C=O) groups is 1. The van der Waals surface area contributed by atoms with Crippen LogP contribution in [-0.4, -0.2) is 10.8 Å². The van der Waals surface area contributed by atoms with Gasteiger partial charge in [0.15, 0.2) is 5.78 Å². The average molecular weight is 364 g/mol. The standard InChI is InChI=1S/C20H14BrNO/c21-19(20(23)13-6-2-1-3-7-13)14-10-11-18-16(12-14)15-8-4-5-9-17(15)22-18/h1-12,19,22H. The van der Waals surface area contributed by atoms with Crippen molar-refractivity contribution in [3.63, 3.8) is 0 Å². The highest BCUT2D eigenvalue weighted by Gasteiger charge is 2.19. The van der Waals surface area contributed by atoms with Gasteiger partial charge in [-0.05, 0) is 23.8 Å². The molecular formula is C20H14BrNO. The fourth-order valence-corrected chi connectivity index (χ4v) is 3.47. The Labute approximate surface area is 142 Å². The molecule has 0 saturated heterocycles. The number of aromatic nitrogens is 1. The van der Waals surface area contributed by atoms with Gasteiger partial charge in [0.25, 0.3) is 0 Å². The first kappa shape index (κ1) is 14.2. The number of H-pyrrole nitrogens is 1. The van der Waals surface area contributed by atoms with Crippen LogP contribution in [0.2, 0.25) is 0 Å². The number of para-hydroxylation sites is 1. The van der Waals surface area contributed by atoms with Crippen molar-refractivity contribution in [2.75, 3.05) is 0 Å². The summed E-state index contributed by atoms with van der Waals surface area (Å²) in [6.07, 6.45) is 0. The third kappa shape index (κ3) is 2.47. The molecule has 1 unspecified atom stereocenters. The van der Waals surface area contributed by atoms with Crippen LogP contribution in [0.25, 0.3) is 21.8 Å². The molecule has 0 aliphatic carbocycles. The van der Waals surface area contributed by atoms with E-state index in [9.17, 15) is 4.79 Å². The first-order chi connectivity index (χ1) is 11.2. The Balaban J connectivity index is 1.79. The topological polar surface area (TPSA) is 32.9 Å². The van der Waals surface area contributed by atoms with Crippen LogP contribution in [0.15, 0.2) is 72.8 Å². The van der Waals surface area contributed by atoms with Gasteiger partial charge in [0.1, 0.15) is 4.83 Å². The van der Waals surface area contributed by atoms with Crippen LogP contribution in [0.4, 0.5) is 0 Å². The molecule has 0 bridgehead atoms. The molecule has 1 heterocycles. The first-order valence-electron chi connectivity index (χ1n) is 7.48. The maximum Gasteiger partial charge on any atom is 0.180 e. The van der Waals surface area contributed by atoms with E-state index in [4.69, 9.17) is 0 Å². The summed E-state index contributed by atoms with van der Waals surface area (Å²) in [6, 6.07) is 23.7. The minimum absolute atomic E-state index is 0.0739. The third-order valence-corrected chi connectivity index (χ3v) is 5.06. The lowest BCUT2D eigenvalue weighted by molar-refractivity contribution is 0.0991. The van der Waals surface area contributed by atoms with Crippen molar-refractivity contribution in [1.82, 2.24) is 4.98 Å². The molecule has 1 atom stereocenters. The van der Waals surface area contributed by atoms with Gasteiger partial charge >= 0.3 is 0 Å². The van der Waals surface area contributed by atoms with Crippen LogP contribution in [0.5, 0.6) is 0 Å². The molecule has 0 spiro atoms. The van der Waals surface area contributed by atoms with Gasteiger partial charge in [-0.25, -0.2) is 0 Å². The van der Waals surface area contributed by atoms with Crippen LogP contribution >= 0.6 is 15.9 Å². The summed E-state index contributed by atoms with van der Waals surface area (Å²) >= 11 is 3.57. The van der Waals surface area contributed by atoms with E-state index in [1.54, 1.807) is 0 Å². The number of hydrogen-bond donors (Lipinski definition) is 1. The monoisotopic (exact) mass is 363 g/mol. The average Bonchev–Trinajstić information content (AvgIpc) is 2.99. The number of carbonyl (C=O) groups excluding carboxylic acids is 1. The van der Waals surface area contributed by atoms with E-state index in [2.05, 4.69) is 39.1 Å². The predicted molar refractivity (Wildman–Crippen MR) is 98.2 cm³/mol. The number of halogens is 1. The molecule has 0 amide bonds. The Hall–Kier alpha value is -2.39. The molecule has 4 aromatic rings. The maximum absolute atomic E-state index is 12.6. The molecule has 112 valence electrons. The Kier molecular flexibility index (Phi) is 3.50. The highest BCUT2D eigenvalue weighted by Crippen LogP contribution is 2.32. The zero-order chi connectivity index (χ0) is 15.8. The van der Waals surface area contributed by atoms with Gasteiger partial charge in [-0.3, -0.25) is 4.79 Å². The lowest BCUT2D eigenvalue weighted by Gasteiger charge is -2.09. The van der Waals surface area contributed by atoms with E-state index in [0.29, 0.717) is 5.56 Å². The largest absolute Gasteiger partial charge is 0.355 e. The van der Waals surface area contributed by atoms with E-state index in [0.717, 1.165) is 22.0 Å². The molecule has 0 fully saturated rings. The molecule has 0 aliphatic heterocycles. The van der Waals surface area contributed by atoms with Crippen LogP contribution in [0.3, 0.4) is 0 Å². The van der Waals surface area contributed by atoms with Crippen molar-refractivity contribution in [2.24, 2.45) is 0 Å². The van der Waals surface area contributed by atoms with E-state index >= 15 is 0 Å². The summed E-state index contributed by atoms with van der Waals surface area (Å²) in [5.74, 6) is 0.0739. The van der Waals surface area contributed by atoms with Gasteiger partial charge in [-0.15, -0.1) is 0 Å². The van der Waals surface area contributed by atoms with Crippen molar-refractivity contribution in [2.45, 2.75) is 4.83 Å². The minimum atomic E-state index is -0.344. The fraction of sp³-hybridized carbons (Fsp3) is 0.0500. The molecule has 1 aromatic heterocycles. The fourth-order valence-electron chi connectivity index (χ4n) is 2.92. The van der Waals surface area contributed by atoms with Crippen molar-refractivity contribution in [3.8, 4) is 0 Å². The minimum Gasteiger partial charge on any atom is -0.355 e. The summed E-state index contributed by atoms with van der Waals surface area (Å²) in [5, 5.41) is 2.32. The zero-order valence-electron chi connectivity index (χ0n) is 12.3. The lowest BCUT2D eigenvalue weighted by Crippen LogP contribution is -2.06. The summed E-state index contributed by atoms with van der Waals surface area (Å²) in [4.78, 5) is 15.7. The van der Waals surface area contributed by atoms with Gasteiger partial charge in [-0.1, -0.05) is 70.5 Å². The third-order valence-electron chi connectivity index (χ3n) is 4.11. The van der Waals surface area contributed by atoms with E-state index < -0.39 is 0 Å². The molecule has 2 nitrogen and oxygen atoms in total. The molecule has 0 radical (unpaired) electrons. The normalized spacial score (nSPS) is 12.6. The number of nitrogens with one attached hydrogen (secondary N) is 1. The second-order valence-electron chi connectivity index (χ2n) is 5.57.